The second kappa shape index (κ2) is 7.07. The zero-order valence-electron chi connectivity index (χ0n) is 10.6. The minimum absolute atomic E-state index is 0.159. The number of carboxylic acids is 1. The summed E-state index contributed by atoms with van der Waals surface area (Å²) in [6.07, 6.45) is -0.740. The summed E-state index contributed by atoms with van der Waals surface area (Å²) >= 11 is 0. The highest BCUT2D eigenvalue weighted by atomic mass is 19.1. The van der Waals surface area contributed by atoms with Gasteiger partial charge in [-0.25, -0.2) is 9.18 Å². The van der Waals surface area contributed by atoms with Crippen molar-refractivity contribution < 1.29 is 28.6 Å². The molecule has 0 aromatic heterocycles. The average Bonchev–Trinajstić information content (AvgIpc) is 2.39. The quantitative estimate of drug-likeness (QED) is 0.757. The number of halogens is 1. The first-order valence-corrected chi connectivity index (χ1v) is 5.58. The molecule has 108 valence electrons. The molecule has 0 heterocycles. The van der Waals surface area contributed by atoms with E-state index in [1.54, 1.807) is 0 Å². The van der Waals surface area contributed by atoms with Gasteiger partial charge in [0, 0.05) is 12.5 Å². The van der Waals surface area contributed by atoms with Gasteiger partial charge in [0.05, 0.1) is 19.2 Å². The second-order valence-electron chi connectivity index (χ2n) is 3.74. The van der Waals surface area contributed by atoms with Crippen LogP contribution in [-0.2, 0) is 9.59 Å². The molecule has 1 aromatic carbocycles. The van der Waals surface area contributed by atoms with Crippen molar-refractivity contribution in [1.82, 2.24) is 5.32 Å². The first kappa shape index (κ1) is 15.4. The number of aliphatic carboxylic acids is 1. The Morgan fingerprint density at radius 1 is 1.30 bits per heavy atom. The predicted octanol–water partition coefficient (Wildman–Crippen LogP) is 1.35. The molecular formula is C12H13FN2O5. The van der Waals surface area contributed by atoms with E-state index in [2.05, 4.69) is 5.32 Å². The van der Waals surface area contributed by atoms with Crippen LogP contribution in [0.1, 0.15) is 12.8 Å². The lowest BCUT2D eigenvalue weighted by Gasteiger charge is -2.08. The van der Waals surface area contributed by atoms with Crippen LogP contribution in [0.3, 0.4) is 0 Å². The number of hydrogen-bond donors (Lipinski definition) is 3. The molecule has 0 bridgehead atoms. The van der Waals surface area contributed by atoms with E-state index in [-0.39, 0.29) is 12.1 Å². The van der Waals surface area contributed by atoms with Crippen LogP contribution in [0, 0.1) is 5.82 Å². The van der Waals surface area contributed by atoms with Gasteiger partial charge in [0.1, 0.15) is 11.6 Å². The summed E-state index contributed by atoms with van der Waals surface area (Å²) in [7, 11) is 1.38. The van der Waals surface area contributed by atoms with Crippen LogP contribution >= 0.6 is 0 Å². The van der Waals surface area contributed by atoms with Crippen LogP contribution in [0.4, 0.5) is 14.9 Å². The Balaban J connectivity index is 2.58. The highest BCUT2D eigenvalue weighted by molar-refractivity contribution is 6.01. The fraction of sp³-hybridized carbons (Fsp3) is 0.250. The Bertz CT molecular complexity index is 533. The first-order valence-electron chi connectivity index (χ1n) is 5.58. The Morgan fingerprint density at radius 2 is 2.00 bits per heavy atom. The molecule has 0 radical (unpaired) electrons. The molecule has 1 aromatic rings. The number of hydrogen-bond acceptors (Lipinski definition) is 4. The number of benzene rings is 1. The Kier molecular flexibility index (Phi) is 5.45. The summed E-state index contributed by atoms with van der Waals surface area (Å²) in [6.45, 7) is 0. The van der Waals surface area contributed by atoms with Crippen molar-refractivity contribution in [1.29, 1.82) is 0 Å². The zero-order valence-corrected chi connectivity index (χ0v) is 10.6. The molecule has 20 heavy (non-hydrogen) atoms. The van der Waals surface area contributed by atoms with Crippen LogP contribution in [0.2, 0.25) is 0 Å². The number of imide groups is 1. The molecule has 1 rings (SSSR count). The normalized spacial score (nSPS) is 9.70. The van der Waals surface area contributed by atoms with Crippen molar-refractivity contribution in [2.24, 2.45) is 0 Å². The molecule has 0 saturated carbocycles. The van der Waals surface area contributed by atoms with E-state index in [0.717, 1.165) is 6.07 Å². The molecule has 0 atom stereocenters. The lowest BCUT2D eigenvalue weighted by atomic mass is 10.3. The van der Waals surface area contributed by atoms with Crippen LogP contribution in [-0.4, -0.2) is 30.1 Å². The smallest absolute Gasteiger partial charge is 0.325 e. The van der Waals surface area contributed by atoms with Crippen molar-refractivity contribution in [3.05, 3.63) is 24.0 Å². The van der Waals surface area contributed by atoms with E-state index in [4.69, 9.17) is 9.84 Å². The molecule has 0 spiro atoms. The monoisotopic (exact) mass is 284 g/mol. The molecule has 3 N–H and O–H groups in total. The third kappa shape index (κ3) is 4.92. The summed E-state index contributed by atoms with van der Waals surface area (Å²) in [5.74, 6) is -2.29. The van der Waals surface area contributed by atoms with E-state index in [9.17, 15) is 18.8 Å². The number of ether oxygens (including phenoxy) is 1. The average molecular weight is 284 g/mol. The Labute approximate surface area is 113 Å². The maximum absolute atomic E-state index is 13.4. The highest BCUT2D eigenvalue weighted by Crippen LogP contribution is 2.20. The number of carboxylic acid groups (broad SMARTS) is 1. The van der Waals surface area contributed by atoms with Crippen LogP contribution in [0.5, 0.6) is 5.75 Å². The SMILES string of the molecule is COc1ccc(F)c(NC(=O)NC(=O)CCC(=O)O)c1. The van der Waals surface area contributed by atoms with Gasteiger partial charge in [-0.15, -0.1) is 0 Å². The summed E-state index contributed by atoms with van der Waals surface area (Å²) in [4.78, 5) is 32.9. The van der Waals surface area contributed by atoms with Crippen molar-refractivity contribution >= 4 is 23.6 Å². The van der Waals surface area contributed by atoms with Crippen molar-refractivity contribution in [3.63, 3.8) is 0 Å². The van der Waals surface area contributed by atoms with E-state index < -0.39 is 30.1 Å². The first-order chi connectivity index (χ1) is 9.42. The molecule has 0 fully saturated rings. The number of carbonyl (C=O) groups is 3. The summed E-state index contributed by atoms with van der Waals surface area (Å²) in [5, 5.41) is 12.4. The topological polar surface area (TPSA) is 105 Å². The number of methoxy groups -OCH3 is 1. The number of anilines is 1. The third-order valence-corrected chi connectivity index (χ3v) is 2.24. The third-order valence-electron chi connectivity index (χ3n) is 2.24. The largest absolute Gasteiger partial charge is 0.497 e. The molecule has 0 aliphatic heterocycles. The molecule has 0 aliphatic rings. The molecule has 3 amide bonds. The van der Waals surface area contributed by atoms with E-state index in [1.165, 1.54) is 19.2 Å². The number of urea groups is 1. The van der Waals surface area contributed by atoms with Crippen molar-refractivity contribution in [3.8, 4) is 5.75 Å². The van der Waals surface area contributed by atoms with Crippen molar-refractivity contribution in [2.45, 2.75) is 12.8 Å². The number of amides is 3. The van der Waals surface area contributed by atoms with Crippen molar-refractivity contribution in [2.75, 3.05) is 12.4 Å². The maximum Gasteiger partial charge on any atom is 0.325 e. The van der Waals surface area contributed by atoms with Gasteiger partial charge in [-0.3, -0.25) is 14.9 Å². The summed E-state index contributed by atoms with van der Waals surface area (Å²) in [6, 6.07) is 2.76. The van der Waals surface area contributed by atoms with Gasteiger partial charge in [0.25, 0.3) is 0 Å². The Morgan fingerprint density at radius 3 is 2.60 bits per heavy atom. The standard InChI is InChI=1S/C12H13FN2O5/c1-20-7-2-3-8(13)9(6-7)14-12(19)15-10(16)4-5-11(17)18/h2-3,6H,4-5H2,1H3,(H,17,18)(H2,14,15,16,19). The van der Waals surface area contributed by atoms with Gasteiger partial charge in [0.15, 0.2) is 0 Å². The lowest BCUT2D eigenvalue weighted by molar-refractivity contribution is -0.138. The fourth-order valence-corrected chi connectivity index (χ4v) is 1.29. The number of nitrogens with one attached hydrogen (secondary N) is 2. The van der Waals surface area contributed by atoms with Crippen LogP contribution < -0.4 is 15.4 Å². The van der Waals surface area contributed by atoms with Gasteiger partial charge in [0.2, 0.25) is 5.91 Å². The van der Waals surface area contributed by atoms with Gasteiger partial charge in [-0.1, -0.05) is 0 Å². The van der Waals surface area contributed by atoms with Crippen LogP contribution in [0.25, 0.3) is 0 Å². The minimum atomic E-state index is -1.15. The van der Waals surface area contributed by atoms with E-state index >= 15 is 0 Å². The Hall–Kier alpha value is -2.64. The van der Waals surface area contributed by atoms with E-state index in [0.29, 0.717) is 5.75 Å². The van der Waals surface area contributed by atoms with Gasteiger partial charge < -0.3 is 15.2 Å². The molecule has 7 nitrogen and oxygen atoms in total. The van der Waals surface area contributed by atoms with E-state index in [1.807, 2.05) is 5.32 Å². The lowest BCUT2D eigenvalue weighted by Crippen LogP contribution is -2.34. The molecule has 0 aliphatic carbocycles. The maximum atomic E-state index is 13.4. The molecular weight excluding hydrogens is 271 g/mol. The summed E-state index contributed by atoms with van der Waals surface area (Å²) in [5.41, 5.74) is -0.159. The fourth-order valence-electron chi connectivity index (χ4n) is 1.29. The zero-order chi connectivity index (χ0) is 15.1. The molecule has 0 unspecified atom stereocenters. The minimum Gasteiger partial charge on any atom is -0.497 e. The van der Waals surface area contributed by atoms with Gasteiger partial charge >= 0.3 is 12.0 Å². The molecule has 0 saturated heterocycles. The molecule has 8 heteroatoms. The number of rotatable bonds is 5. The van der Waals surface area contributed by atoms with Gasteiger partial charge in [-0.05, 0) is 12.1 Å². The van der Waals surface area contributed by atoms with Crippen LogP contribution in [0.15, 0.2) is 18.2 Å². The second-order valence-corrected chi connectivity index (χ2v) is 3.74. The predicted molar refractivity (Wildman–Crippen MR) is 67.0 cm³/mol. The summed E-state index contributed by atoms with van der Waals surface area (Å²) < 4.78 is 18.3. The highest BCUT2D eigenvalue weighted by Gasteiger charge is 2.12. The number of carbonyl (C=O) groups excluding carboxylic acids is 2. The van der Waals surface area contributed by atoms with Gasteiger partial charge in [-0.2, -0.15) is 0 Å².